The van der Waals surface area contributed by atoms with Gasteiger partial charge in [0.25, 0.3) is 5.56 Å². The molecule has 0 bridgehead atoms. The van der Waals surface area contributed by atoms with Crippen LogP contribution in [0.3, 0.4) is 0 Å². The molecular weight excluding hydrogens is 320 g/mol. The van der Waals surface area contributed by atoms with Crippen LogP contribution in [0.5, 0.6) is 5.75 Å². The van der Waals surface area contributed by atoms with Crippen LogP contribution in [0.4, 0.5) is 0 Å². The zero-order valence-corrected chi connectivity index (χ0v) is 14.2. The molecule has 130 valence electrons. The molecular formula is C18H20N4O3. The Balaban J connectivity index is 1.67. The van der Waals surface area contributed by atoms with Crippen LogP contribution in [0.2, 0.25) is 0 Å². The maximum Gasteiger partial charge on any atom is 0.266 e. The van der Waals surface area contributed by atoms with Gasteiger partial charge >= 0.3 is 0 Å². The lowest BCUT2D eigenvalue weighted by Crippen LogP contribution is -2.32. The van der Waals surface area contributed by atoms with Crippen LogP contribution in [0.15, 0.2) is 53.8 Å². The molecule has 0 spiro atoms. The molecule has 0 fully saturated rings. The van der Waals surface area contributed by atoms with Gasteiger partial charge in [0.15, 0.2) is 5.82 Å². The van der Waals surface area contributed by atoms with Gasteiger partial charge in [-0.25, -0.2) is 9.67 Å². The Morgan fingerprint density at radius 2 is 1.96 bits per heavy atom. The van der Waals surface area contributed by atoms with Crippen molar-refractivity contribution < 1.29 is 9.84 Å². The predicted molar refractivity (Wildman–Crippen MR) is 93.0 cm³/mol. The quantitative estimate of drug-likeness (QED) is 0.735. The van der Waals surface area contributed by atoms with E-state index in [0.29, 0.717) is 11.6 Å². The van der Waals surface area contributed by atoms with Gasteiger partial charge in [-0.2, -0.15) is 5.10 Å². The summed E-state index contributed by atoms with van der Waals surface area (Å²) < 4.78 is 8.55. The van der Waals surface area contributed by atoms with Crippen LogP contribution in [0, 0.1) is 13.8 Å². The maximum absolute atomic E-state index is 12.0. The minimum atomic E-state index is -0.857. The molecule has 7 heteroatoms. The molecule has 0 saturated carbocycles. The standard InChI is InChI=1S/C18H20N4O3/c1-13-7-14(2)9-16(8-13)25-11-15(23)10-22-18(24)4-3-17(20-22)21-6-5-19-12-21/h3-9,12,15,23H,10-11H2,1-2H3/t15-/m1/s1. The molecule has 0 radical (unpaired) electrons. The first-order valence-electron chi connectivity index (χ1n) is 7.97. The average molecular weight is 340 g/mol. The lowest BCUT2D eigenvalue weighted by atomic mass is 10.1. The zero-order valence-electron chi connectivity index (χ0n) is 14.2. The first kappa shape index (κ1) is 16.9. The van der Waals surface area contributed by atoms with E-state index in [4.69, 9.17) is 4.74 Å². The molecule has 0 unspecified atom stereocenters. The van der Waals surface area contributed by atoms with Crippen LogP contribution >= 0.6 is 0 Å². The summed E-state index contributed by atoms with van der Waals surface area (Å²) in [7, 11) is 0. The van der Waals surface area contributed by atoms with Crippen molar-refractivity contribution in [2.24, 2.45) is 0 Å². The average Bonchev–Trinajstić information content (AvgIpc) is 3.09. The van der Waals surface area contributed by atoms with Crippen molar-refractivity contribution in [2.45, 2.75) is 26.5 Å². The first-order chi connectivity index (χ1) is 12.0. The van der Waals surface area contributed by atoms with E-state index in [1.54, 1.807) is 29.4 Å². The molecule has 7 nitrogen and oxygen atoms in total. The fourth-order valence-electron chi connectivity index (χ4n) is 2.56. The van der Waals surface area contributed by atoms with E-state index < -0.39 is 6.10 Å². The van der Waals surface area contributed by atoms with E-state index in [2.05, 4.69) is 10.1 Å². The largest absolute Gasteiger partial charge is 0.491 e. The highest BCUT2D eigenvalue weighted by atomic mass is 16.5. The first-order valence-corrected chi connectivity index (χ1v) is 7.97. The number of hydrogen-bond donors (Lipinski definition) is 1. The third-order valence-electron chi connectivity index (χ3n) is 3.64. The van der Waals surface area contributed by atoms with Crippen LogP contribution in [0.25, 0.3) is 5.82 Å². The number of hydrogen-bond acceptors (Lipinski definition) is 5. The second-order valence-electron chi connectivity index (χ2n) is 5.97. The molecule has 1 N–H and O–H groups in total. The van der Waals surface area contributed by atoms with Crippen molar-refractivity contribution >= 4 is 0 Å². The van der Waals surface area contributed by atoms with E-state index in [9.17, 15) is 9.90 Å². The summed E-state index contributed by atoms with van der Waals surface area (Å²) in [5, 5.41) is 14.5. The molecule has 25 heavy (non-hydrogen) atoms. The van der Waals surface area contributed by atoms with Gasteiger partial charge in [0.2, 0.25) is 0 Å². The highest BCUT2D eigenvalue weighted by Crippen LogP contribution is 2.16. The number of rotatable bonds is 6. The van der Waals surface area contributed by atoms with E-state index in [1.165, 1.54) is 10.7 Å². The van der Waals surface area contributed by atoms with Gasteiger partial charge in [-0.05, 0) is 43.2 Å². The SMILES string of the molecule is Cc1cc(C)cc(OC[C@H](O)Cn2nc(-n3ccnc3)ccc2=O)c1. The molecule has 1 aromatic carbocycles. The molecule has 3 rings (SSSR count). The highest BCUT2D eigenvalue weighted by Gasteiger charge is 2.10. The number of nitrogens with zero attached hydrogens (tertiary/aromatic N) is 4. The van der Waals surface area contributed by atoms with Crippen molar-refractivity contribution in [3.63, 3.8) is 0 Å². The van der Waals surface area contributed by atoms with Gasteiger partial charge in [-0.15, -0.1) is 0 Å². The van der Waals surface area contributed by atoms with Gasteiger partial charge in [0, 0.05) is 18.5 Å². The smallest absolute Gasteiger partial charge is 0.266 e. The fraction of sp³-hybridized carbons (Fsp3) is 0.278. The van der Waals surface area contributed by atoms with Gasteiger partial charge in [0.1, 0.15) is 24.8 Å². The highest BCUT2D eigenvalue weighted by molar-refractivity contribution is 5.33. The summed E-state index contributed by atoms with van der Waals surface area (Å²) in [6, 6.07) is 8.89. The second kappa shape index (κ2) is 7.31. The Labute approximate surface area is 145 Å². The van der Waals surface area contributed by atoms with E-state index >= 15 is 0 Å². The second-order valence-corrected chi connectivity index (χ2v) is 5.97. The Hall–Kier alpha value is -2.93. The fourth-order valence-corrected chi connectivity index (χ4v) is 2.56. The monoisotopic (exact) mass is 340 g/mol. The van der Waals surface area contributed by atoms with Gasteiger partial charge in [-0.1, -0.05) is 6.07 Å². The van der Waals surface area contributed by atoms with E-state index in [0.717, 1.165) is 11.1 Å². The van der Waals surface area contributed by atoms with Gasteiger partial charge in [0.05, 0.1) is 6.54 Å². The predicted octanol–water partition coefficient (Wildman–Crippen LogP) is 1.49. The van der Waals surface area contributed by atoms with Crippen molar-refractivity contribution in [1.82, 2.24) is 19.3 Å². The Morgan fingerprint density at radius 1 is 1.20 bits per heavy atom. The number of benzene rings is 1. The van der Waals surface area contributed by atoms with Crippen molar-refractivity contribution in [2.75, 3.05) is 6.61 Å². The third kappa shape index (κ3) is 4.33. The number of ether oxygens (including phenoxy) is 1. The van der Waals surface area contributed by atoms with Crippen molar-refractivity contribution in [1.29, 1.82) is 0 Å². The zero-order chi connectivity index (χ0) is 17.8. The summed E-state index contributed by atoms with van der Waals surface area (Å²) in [5.41, 5.74) is 1.90. The van der Waals surface area contributed by atoms with Crippen molar-refractivity contribution in [3.05, 3.63) is 70.5 Å². The lowest BCUT2D eigenvalue weighted by Gasteiger charge is -2.14. The number of aromatic nitrogens is 4. The molecule has 0 aliphatic carbocycles. The van der Waals surface area contributed by atoms with E-state index in [1.807, 2.05) is 32.0 Å². The maximum atomic E-state index is 12.0. The van der Waals surface area contributed by atoms with Crippen molar-refractivity contribution in [3.8, 4) is 11.6 Å². The molecule has 1 atom stereocenters. The van der Waals surface area contributed by atoms with Crippen LogP contribution in [-0.4, -0.2) is 37.1 Å². The van der Waals surface area contributed by atoms with Crippen LogP contribution < -0.4 is 10.3 Å². The van der Waals surface area contributed by atoms with Crippen LogP contribution in [-0.2, 0) is 6.54 Å². The van der Waals surface area contributed by atoms with Gasteiger partial charge < -0.3 is 9.84 Å². The number of aliphatic hydroxyl groups excluding tert-OH is 1. The molecule has 0 saturated heterocycles. The minimum absolute atomic E-state index is 0.0478. The molecule has 2 heterocycles. The van der Waals surface area contributed by atoms with Crippen LogP contribution in [0.1, 0.15) is 11.1 Å². The molecule has 2 aromatic heterocycles. The topological polar surface area (TPSA) is 82.2 Å². The number of imidazole rings is 1. The summed E-state index contributed by atoms with van der Waals surface area (Å²) in [5.74, 6) is 1.25. The van der Waals surface area contributed by atoms with Gasteiger partial charge in [-0.3, -0.25) is 9.36 Å². The Bertz CT molecular complexity index is 883. The lowest BCUT2D eigenvalue weighted by molar-refractivity contribution is 0.0879. The number of aryl methyl sites for hydroxylation is 2. The summed E-state index contributed by atoms with van der Waals surface area (Å²) in [6.45, 7) is 4.10. The molecule has 0 aliphatic heterocycles. The molecule has 0 amide bonds. The summed E-state index contributed by atoms with van der Waals surface area (Å²) in [4.78, 5) is 15.9. The minimum Gasteiger partial charge on any atom is -0.491 e. The molecule has 0 aliphatic rings. The molecule has 3 aromatic rings. The summed E-state index contributed by atoms with van der Waals surface area (Å²) >= 11 is 0. The normalized spacial score (nSPS) is 12.1. The number of aliphatic hydroxyl groups is 1. The Morgan fingerprint density at radius 3 is 2.64 bits per heavy atom. The Kier molecular flexibility index (Phi) is 4.95. The third-order valence-corrected chi connectivity index (χ3v) is 3.64. The summed E-state index contributed by atoms with van der Waals surface area (Å²) in [6.07, 6.45) is 4.10. The van der Waals surface area contributed by atoms with E-state index in [-0.39, 0.29) is 18.7 Å².